The Morgan fingerprint density at radius 3 is 2.57 bits per heavy atom. The molecule has 0 aromatic carbocycles. The topological polar surface area (TPSA) is 68.5 Å². The molecule has 8 heteroatoms. The normalized spacial score (nSPS) is 13.3. The number of aromatic nitrogens is 1. The molecule has 0 amide bonds. The molecule has 0 radical (unpaired) electrons. The highest BCUT2D eigenvalue weighted by Gasteiger charge is 2.34. The zero-order valence-electron chi connectivity index (χ0n) is 12.8. The number of aliphatic carboxylic acids is 1. The van der Waals surface area contributed by atoms with Crippen LogP contribution in [0.3, 0.4) is 0 Å². The Morgan fingerprint density at radius 1 is 1.43 bits per heavy atom. The molecule has 1 unspecified atom stereocenters. The highest BCUT2D eigenvalue weighted by Crippen LogP contribution is 2.32. The number of pyridine rings is 1. The van der Waals surface area contributed by atoms with Gasteiger partial charge in [-0.1, -0.05) is 13.3 Å². The molecule has 128 valence electrons. The second-order valence-corrected chi connectivity index (χ2v) is 4.79. The first-order chi connectivity index (χ1) is 10.7. The fourth-order valence-corrected chi connectivity index (χ4v) is 2.06. The Kier molecular flexibility index (Phi) is 6.41. The molecule has 23 heavy (non-hydrogen) atoms. The third-order valence-electron chi connectivity index (χ3n) is 3.11. The fraction of sp³-hybridized carbons (Fsp3) is 0.467. The SMILES string of the molecule is CCCC(C(=O)O)n1cc(C=COCC)c(C(F)(F)F)cc1=O. The van der Waals surface area contributed by atoms with E-state index in [4.69, 9.17) is 4.74 Å². The molecule has 0 aliphatic rings. The van der Waals surface area contributed by atoms with E-state index in [0.717, 1.165) is 23.1 Å². The second kappa shape index (κ2) is 7.85. The van der Waals surface area contributed by atoms with Crippen LogP contribution < -0.4 is 5.56 Å². The molecule has 1 N–H and O–H groups in total. The van der Waals surface area contributed by atoms with Crippen molar-refractivity contribution in [2.75, 3.05) is 6.61 Å². The molecule has 1 aromatic rings. The van der Waals surface area contributed by atoms with Crippen LogP contribution >= 0.6 is 0 Å². The number of alkyl halides is 3. The van der Waals surface area contributed by atoms with Crippen LogP contribution in [0.25, 0.3) is 6.08 Å². The first-order valence-corrected chi connectivity index (χ1v) is 7.06. The van der Waals surface area contributed by atoms with Gasteiger partial charge in [-0.3, -0.25) is 4.79 Å². The standard InChI is InChI=1S/C15H18F3NO4/c1-3-5-12(14(21)22)19-9-10(6-7-23-4-2)11(8-13(19)20)15(16,17)18/h6-9,12H,3-5H2,1-2H3,(H,21,22). The van der Waals surface area contributed by atoms with Crippen molar-refractivity contribution in [1.29, 1.82) is 0 Å². The Morgan fingerprint density at radius 2 is 2.09 bits per heavy atom. The van der Waals surface area contributed by atoms with E-state index in [1.807, 2.05) is 0 Å². The van der Waals surface area contributed by atoms with Crippen molar-refractivity contribution in [2.24, 2.45) is 0 Å². The molecule has 0 fully saturated rings. The summed E-state index contributed by atoms with van der Waals surface area (Å²) in [6.45, 7) is 3.66. The Hall–Kier alpha value is -2.25. The summed E-state index contributed by atoms with van der Waals surface area (Å²) in [5.41, 5.74) is -2.46. The van der Waals surface area contributed by atoms with Crippen LogP contribution in [0.4, 0.5) is 13.2 Å². The van der Waals surface area contributed by atoms with Crippen molar-refractivity contribution < 1.29 is 27.8 Å². The minimum Gasteiger partial charge on any atom is -0.501 e. The highest BCUT2D eigenvalue weighted by atomic mass is 19.4. The smallest absolute Gasteiger partial charge is 0.417 e. The summed E-state index contributed by atoms with van der Waals surface area (Å²) in [7, 11) is 0. The molecule has 1 aromatic heterocycles. The van der Waals surface area contributed by atoms with E-state index in [1.165, 1.54) is 0 Å². The van der Waals surface area contributed by atoms with Gasteiger partial charge in [0.15, 0.2) is 0 Å². The monoisotopic (exact) mass is 333 g/mol. The van der Waals surface area contributed by atoms with Gasteiger partial charge in [-0.25, -0.2) is 4.79 Å². The summed E-state index contributed by atoms with van der Waals surface area (Å²) in [4.78, 5) is 23.2. The molecule has 1 atom stereocenters. The lowest BCUT2D eigenvalue weighted by atomic mass is 10.1. The van der Waals surface area contributed by atoms with Crippen LogP contribution in [-0.2, 0) is 15.7 Å². The molecule has 0 saturated heterocycles. The van der Waals surface area contributed by atoms with E-state index in [2.05, 4.69) is 0 Å². The van der Waals surface area contributed by atoms with E-state index in [0.29, 0.717) is 12.5 Å². The first kappa shape index (κ1) is 18.8. The van der Waals surface area contributed by atoms with Gasteiger partial charge in [0.25, 0.3) is 5.56 Å². The van der Waals surface area contributed by atoms with Gasteiger partial charge in [-0.2, -0.15) is 13.2 Å². The summed E-state index contributed by atoms with van der Waals surface area (Å²) in [6, 6.07) is -0.800. The van der Waals surface area contributed by atoms with Crippen LogP contribution in [0.15, 0.2) is 23.3 Å². The lowest BCUT2D eigenvalue weighted by Crippen LogP contribution is -2.31. The van der Waals surface area contributed by atoms with E-state index < -0.39 is 29.3 Å². The van der Waals surface area contributed by atoms with Gasteiger partial charge in [-0.15, -0.1) is 0 Å². The Balaban J connectivity index is 3.48. The van der Waals surface area contributed by atoms with Gasteiger partial charge in [0.2, 0.25) is 0 Å². The summed E-state index contributed by atoms with van der Waals surface area (Å²) < 4.78 is 44.8. The molecule has 0 aliphatic heterocycles. The number of hydrogen-bond donors (Lipinski definition) is 1. The number of carbonyl (C=O) groups is 1. The number of rotatable bonds is 7. The van der Waals surface area contributed by atoms with Crippen molar-refractivity contribution >= 4 is 12.0 Å². The molecule has 0 spiro atoms. The molecule has 0 saturated carbocycles. The van der Waals surface area contributed by atoms with Gasteiger partial charge < -0.3 is 14.4 Å². The molecular weight excluding hydrogens is 315 g/mol. The summed E-state index contributed by atoms with van der Waals surface area (Å²) in [6.07, 6.45) is -1.07. The minimum absolute atomic E-state index is 0.134. The van der Waals surface area contributed by atoms with E-state index in [1.54, 1.807) is 13.8 Å². The van der Waals surface area contributed by atoms with Gasteiger partial charge in [-0.05, 0) is 19.4 Å². The van der Waals surface area contributed by atoms with Gasteiger partial charge in [0.1, 0.15) is 6.04 Å². The van der Waals surface area contributed by atoms with Gasteiger partial charge >= 0.3 is 12.1 Å². The van der Waals surface area contributed by atoms with Crippen LogP contribution in [0.5, 0.6) is 0 Å². The zero-order valence-corrected chi connectivity index (χ0v) is 12.8. The van der Waals surface area contributed by atoms with E-state index in [-0.39, 0.29) is 18.6 Å². The predicted octanol–water partition coefficient (Wildman–Crippen LogP) is 3.30. The first-order valence-electron chi connectivity index (χ1n) is 7.06. The number of nitrogens with zero attached hydrogens (tertiary/aromatic N) is 1. The largest absolute Gasteiger partial charge is 0.501 e. The van der Waals surface area contributed by atoms with Crippen LogP contribution in [0.2, 0.25) is 0 Å². The highest BCUT2D eigenvalue weighted by molar-refractivity contribution is 5.72. The quantitative estimate of drug-likeness (QED) is 0.778. The average molecular weight is 333 g/mol. The van der Waals surface area contributed by atoms with Crippen LogP contribution in [0.1, 0.15) is 43.9 Å². The molecule has 0 bridgehead atoms. The Labute approximate surface area is 131 Å². The molecule has 1 heterocycles. The molecular formula is C15H18F3NO4. The lowest BCUT2D eigenvalue weighted by Gasteiger charge is -2.18. The number of hydrogen-bond acceptors (Lipinski definition) is 3. The Bertz CT molecular complexity index is 635. The third-order valence-corrected chi connectivity index (χ3v) is 3.11. The molecule has 0 aliphatic carbocycles. The predicted molar refractivity (Wildman–Crippen MR) is 77.9 cm³/mol. The van der Waals surface area contributed by atoms with Crippen LogP contribution in [-0.4, -0.2) is 22.2 Å². The van der Waals surface area contributed by atoms with Gasteiger partial charge in [0.05, 0.1) is 18.4 Å². The van der Waals surface area contributed by atoms with Crippen molar-refractivity contribution in [1.82, 2.24) is 4.57 Å². The van der Waals surface area contributed by atoms with E-state index in [9.17, 15) is 27.9 Å². The van der Waals surface area contributed by atoms with Gasteiger partial charge in [0, 0.05) is 17.8 Å². The molecule has 5 nitrogen and oxygen atoms in total. The maximum absolute atomic E-state index is 13.0. The fourth-order valence-electron chi connectivity index (χ4n) is 2.06. The summed E-state index contributed by atoms with van der Waals surface area (Å²) in [5.74, 6) is -1.27. The van der Waals surface area contributed by atoms with E-state index >= 15 is 0 Å². The number of halogens is 3. The lowest BCUT2D eigenvalue weighted by molar-refractivity contribution is -0.141. The summed E-state index contributed by atoms with van der Waals surface area (Å²) >= 11 is 0. The maximum Gasteiger partial charge on any atom is 0.417 e. The third kappa shape index (κ3) is 4.87. The summed E-state index contributed by atoms with van der Waals surface area (Å²) in [5, 5.41) is 9.19. The van der Waals surface area contributed by atoms with Crippen molar-refractivity contribution in [3.05, 3.63) is 40.0 Å². The van der Waals surface area contributed by atoms with Crippen molar-refractivity contribution in [3.63, 3.8) is 0 Å². The zero-order chi connectivity index (χ0) is 17.6. The van der Waals surface area contributed by atoms with Crippen molar-refractivity contribution in [3.8, 4) is 0 Å². The van der Waals surface area contributed by atoms with Crippen molar-refractivity contribution in [2.45, 2.75) is 38.9 Å². The maximum atomic E-state index is 13.0. The minimum atomic E-state index is -4.73. The van der Waals surface area contributed by atoms with Crippen LogP contribution in [0, 0.1) is 0 Å². The average Bonchev–Trinajstić information content (AvgIpc) is 2.45. The number of ether oxygens (including phenoxy) is 1. The number of carboxylic acid groups (broad SMARTS) is 1. The second-order valence-electron chi connectivity index (χ2n) is 4.79. The number of carboxylic acids is 1. The molecule has 1 rings (SSSR count).